The van der Waals surface area contributed by atoms with Gasteiger partial charge in [-0.3, -0.25) is 9.59 Å². The van der Waals surface area contributed by atoms with Crippen LogP contribution in [0.25, 0.3) is 11.6 Å². The number of benzene rings is 2. The molecular weight excluding hydrogens is 459 g/mol. The van der Waals surface area contributed by atoms with Crippen LogP contribution in [0.3, 0.4) is 0 Å². The van der Waals surface area contributed by atoms with Crippen LogP contribution in [0.2, 0.25) is 4.34 Å². The number of carbonyl (C=O) groups is 2. The van der Waals surface area contributed by atoms with E-state index >= 15 is 0 Å². The highest BCUT2D eigenvalue weighted by molar-refractivity contribution is 7.94. The minimum Gasteiger partial charge on any atom is -0.298 e. The third-order valence-electron chi connectivity index (χ3n) is 4.93. The van der Waals surface area contributed by atoms with Crippen LogP contribution in [0, 0.1) is 12.7 Å². The summed E-state index contributed by atoms with van der Waals surface area (Å²) in [7, 11) is -3.79. The lowest BCUT2D eigenvalue weighted by Crippen LogP contribution is -2.17. The van der Waals surface area contributed by atoms with Crippen LogP contribution in [-0.2, 0) is 21.1 Å². The maximum atomic E-state index is 14.8. The predicted octanol–water partition coefficient (Wildman–Crippen LogP) is 5.17. The molecule has 8 heteroatoms. The molecule has 3 aromatic rings. The smallest absolute Gasteiger partial charge is 0.194 e. The number of rotatable bonds is 6. The van der Waals surface area contributed by atoms with Gasteiger partial charge in [-0.1, -0.05) is 47.5 Å². The molecule has 0 aliphatic heterocycles. The van der Waals surface area contributed by atoms with Crippen LogP contribution in [0.1, 0.15) is 32.6 Å². The zero-order valence-corrected chi connectivity index (χ0v) is 18.7. The number of hydrogen-bond acceptors (Lipinski definition) is 5. The Kier molecular flexibility index (Phi) is 5.68. The number of ketones is 2. The van der Waals surface area contributed by atoms with Crippen LogP contribution >= 0.6 is 22.9 Å². The van der Waals surface area contributed by atoms with Gasteiger partial charge in [0.2, 0.25) is 0 Å². The van der Waals surface area contributed by atoms with Crippen molar-refractivity contribution in [3.05, 3.63) is 86.5 Å². The van der Waals surface area contributed by atoms with E-state index in [1.807, 2.05) is 19.1 Å². The summed E-state index contributed by atoms with van der Waals surface area (Å²) in [5.74, 6) is -2.14. The normalized spacial score (nSPS) is 13.3. The number of Topliss-reactive ketones (excluding diaryl/α,β-unsaturated/α-hetero) is 2. The second kappa shape index (κ2) is 8.15. The molecule has 0 saturated carbocycles. The van der Waals surface area contributed by atoms with E-state index < -0.39 is 27.2 Å². The molecule has 0 saturated heterocycles. The average molecular weight is 475 g/mol. The molecular formula is C23H16ClFO4S2. The summed E-state index contributed by atoms with van der Waals surface area (Å²) in [5, 5.41) is 0. The number of sulfone groups is 1. The Morgan fingerprint density at radius 3 is 2.48 bits per heavy atom. The topological polar surface area (TPSA) is 68.3 Å². The molecule has 4 rings (SSSR count). The second-order valence-electron chi connectivity index (χ2n) is 7.33. The molecule has 0 radical (unpaired) electrons. The summed E-state index contributed by atoms with van der Waals surface area (Å²) in [6.45, 7) is 1.91. The van der Waals surface area contributed by atoms with E-state index in [2.05, 4.69) is 0 Å². The van der Waals surface area contributed by atoms with Gasteiger partial charge in [-0.25, -0.2) is 12.8 Å². The first-order valence-corrected chi connectivity index (χ1v) is 12.1. The number of aryl methyl sites for hydroxylation is 1. The fourth-order valence-electron chi connectivity index (χ4n) is 3.49. The fraction of sp³-hybridized carbons (Fsp3) is 0.130. The molecule has 0 fully saturated rings. The molecule has 0 N–H and O–H groups in total. The lowest BCUT2D eigenvalue weighted by molar-refractivity contribution is -0.116. The Balaban J connectivity index is 1.51. The number of carbonyl (C=O) groups excluding carboxylic acids is 2. The summed E-state index contributed by atoms with van der Waals surface area (Å²) < 4.78 is 39.8. The molecule has 0 atom stereocenters. The third-order valence-corrected chi connectivity index (χ3v) is 8.42. The van der Waals surface area contributed by atoms with E-state index in [1.54, 1.807) is 12.1 Å². The van der Waals surface area contributed by atoms with Crippen molar-refractivity contribution in [1.29, 1.82) is 0 Å². The number of halogens is 2. The monoisotopic (exact) mass is 474 g/mol. The largest absolute Gasteiger partial charge is 0.298 e. The lowest BCUT2D eigenvalue weighted by atomic mass is 9.99. The summed E-state index contributed by atoms with van der Waals surface area (Å²) in [5.41, 5.74) is 3.02. The van der Waals surface area contributed by atoms with Crippen LogP contribution in [0.15, 0.2) is 52.7 Å². The first-order valence-electron chi connectivity index (χ1n) is 9.30. The molecule has 4 nitrogen and oxygen atoms in total. The highest BCUT2D eigenvalue weighted by atomic mass is 35.5. The summed E-state index contributed by atoms with van der Waals surface area (Å²) in [6.07, 6.45) is 1.43. The van der Waals surface area contributed by atoms with E-state index in [0.717, 1.165) is 22.5 Å². The Hall–Kier alpha value is -2.61. The van der Waals surface area contributed by atoms with Gasteiger partial charge in [0, 0.05) is 23.1 Å². The van der Waals surface area contributed by atoms with Gasteiger partial charge >= 0.3 is 0 Å². The lowest BCUT2D eigenvalue weighted by Gasteiger charge is -2.07. The number of fused-ring (bicyclic) bond motifs is 1. The van der Waals surface area contributed by atoms with E-state index in [4.69, 9.17) is 11.6 Å². The quantitative estimate of drug-likeness (QED) is 0.494. The van der Waals surface area contributed by atoms with Crippen LogP contribution in [0.4, 0.5) is 4.39 Å². The van der Waals surface area contributed by atoms with Gasteiger partial charge in [-0.05, 0) is 42.3 Å². The maximum absolute atomic E-state index is 14.8. The summed E-state index contributed by atoms with van der Waals surface area (Å²) in [6, 6.07) is 12.4. The van der Waals surface area contributed by atoms with Crippen molar-refractivity contribution in [2.75, 3.05) is 5.75 Å². The van der Waals surface area contributed by atoms with Gasteiger partial charge in [0.15, 0.2) is 21.4 Å². The molecule has 0 unspecified atom stereocenters. The van der Waals surface area contributed by atoms with Crippen LogP contribution in [-0.4, -0.2) is 25.7 Å². The van der Waals surface area contributed by atoms with Crippen molar-refractivity contribution in [3.63, 3.8) is 0 Å². The van der Waals surface area contributed by atoms with Crippen molar-refractivity contribution in [1.82, 2.24) is 0 Å². The highest BCUT2D eigenvalue weighted by Crippen LogP contribution is 2.33. The highest BCUT2D eigenvalue weighted by Gasteiger charge is 2.26. The van der Waals surface area contributed by atoms with Crippen LogP contribution < -0.4 is 0 Å². The van der Waals surface area contributed by atoms with E-state index in [9.17, 15) is 22.4 Å². The van der Waals surface area contributed by atoms with Gasteiger partial charge < -0.3 is 0 Å². The molecule has 2 aromatic carbocycles. The molecule has 0 amide bonds. The standard InChI is InChI=1S/C23H16ClFO4S2/c1-13-2-4-17-15(8-13)11-19(23(17)27)18-5-3-14(10-20(18)25)9-16(26)12-31(28,29)22-7-6-21(24)30-22/h2-8,10-11H,9,12H2,1H3. The average Bonchev–Trinajstić information content (AvgIpc) is 3.25. The first-order chi connectivity index (χ1) is 14.6. The van der Waals surface area contributed by atoms with Gasteiger partial charge in [0.05, 0.1) is 4.34 Å². The van der Waals surface area contributed by atoms with Gasteiger partial charge in [0.1, 0.15) is 15.8 Å². The minimum atomic E-state index is -3.79. The number of thiophene rings is 1. The fourth-order valence-corrected chi connectivity index (χ4v) is 6.30. The number of hydrogen-bond donors (Lipinski definition) is 0. The maximum Gasteiger partial charge on any atom is 0.194 e. The second-order valence-corrected chi connectivity index (χ2v) is 11.3. The predicted molar refractivity (Wildman–Crippen MR) is 120 cm³/mol. The Morgan fingerprint density at radius 1 is 1.06 bits per heavy atom. The molecule has 1 aliphatic rings. The molecule has 1 heterocycles. The Bertz CT molecular complexity index is 1370. The van der Waals surface area contributed by atoms with Gasteiger partial charge in [-0.15, -0.1) is 11.3 Å². The minimum absolute atomic E-state index is 0.0221. The molecule has 0 spiro atoms. The summed E-state index contributed by atoms with van der Waals surface area (Å²) >= 11 is 6.65. The van der Waals surface area contributed by atoms with Crippen molar-refractivity contribution in [2.45, 2.75) is 17.6 Å². The van der Waals surface area contributed by atoms with Crippen LogP contribution in [0.5, 0.6) is 0 Å². The van der Waals surface area contributed by atoms with Crippen molar-refractivity contribution >= 4 is 56.0 Å². The number of allylic oxidation sites excluding steroid dienone is 1. The SMILES string of the molecule is Cc1ccc2c(c1)C=C(c1ccc(CC(=O)CS(=O)(=O)c3ccc(Cl)s3)cc1F)C2=O. The van der Waals surface area contributed by atoms with E-state index in [0.29, 0.717) is 15.5 Å². The molecule has 0 bridgehead atoms. The van der Waals surface area contributed by atoms with E-state index in [-0.39, 0.29) is 27.5 Å². The molecule has 158 valence electrons. The summed E-state index contributed by atoms with van der Waals surface area (Å²) in [4.78, 5) is 25.0. The first kappa shape index (κ1) is 21.6. The molecule has 1 aromatic heterocycles. The van der Waals surface area contributed by atoms with Crippen molar-refractivity contribution in [3.8, 4) is 0 Å². The Morgan fingerprint density at radius 2 is 1.81 bits per heavy atom. The zero-order valence-electron chi connectivity index (χ0n) is 16.3. The third kappa shape index (κ3) is 4.39. The van der Waals surface area contributed by atoms with Gasteiger partial charge in [-0.2, -0.15) is 0 Å². The van der Waals surface area contributed by atoms with E-state index in [1.165, 1.54) is 30.3 Å². The van der Waals surface area contributed by atoms with Crippen molar-refractivity contribution in [2.24, 2.45) is 0 Å². The Labute approximate surface area is 187 Å². The van der Waals surface area contributed by atoms with Crippen molar-refractivity contribution < 1.29 is 22.4 Å². The molecule has 31 heavy (non-hydrogen) atoms. The van der Waals surface area contributed by atoms with Gasteiger partial charge in [0.25, 0.3) is 0 Å². The molecule has 1 aliphatic carbocycles. The zero-order chi connectivity index (χ0) is 22.3.